The van der Waals surface area contributed by atoms with Crippen LogP contribution in [0.1, 0.15) is 37.0 Å². The molecule has 2 N–H and O–H groups in total. The van der Waals surface area contributed by atoms with E-state index in [0.29, 0.717) is 5.69 Å². The fraction of sp³-hybridized carbons (Fsp3) is 0.500. The third-order valence-corrected chi connectivity index (χ3v) is 3.39. The molecule has 0 atom stereocenters. The van der Waals surface area contributed by atoms with Gasteiger partial charge < -0.3 is 15.4 Å². The number of benzene rings is 1. The number of ether oxygens (including phenoxy) is 1. The molecule has 0 aliphatic carbocycles. The minimum Gasteiger partial charge on any atom is -0.465 e. The van der Waals surface area contributed by atoms with Crippen molar-refractivity contribution in [2.75, 3.05) is 24.8 Å². The van der Waals surface area contributed by atoms with E-state index >= 15 is 0 Å². The van der Waals surface area contributed by atoms with Crippen LogP contribution >= 0.6 is 0 Å². The van der Waals surface area contributed by atoms with Gasteiger partial charge in [0, 0.05) is 18.8 Å². The number of methoxy groups -OCH3 is 1. The molecule has 0 aromatic heterocycles. The van der Waals surface area contributed by atoms with Crippen molar-refractivity contribution in [1.82, 2.24) is 0 Å². The summed E-state index contributed by atoms with van der Waals surface area (Å²) in [6.07, 6.45) is 1.79. The molecule has 0 bridgehead atoms. The van der Waals surface area contributed by atoms with E-state index in [-0.39, 0.29) is 17.3 Å². The van der Waals surface area contributed by atoms with E-state index in [2.05, 4.69) is 4.74 Å². The number of nitrogen functional groups attached to an aromatic ring is 1. The van der Waals surface area contributed by atoms with Crippen molar-refractivity contribution in [3.8, 4) is 0 Å². The molecule has 19 heavy (non-hydrogen) atoms. The zero-order valence-corrected chi connectivity index (χ0v) is 11.9. The first-order valence-corrected chi connectivity index (χ1v) is 6.36. The van der Waals surface area contributed by atoms with Crippen LogP contribution in [0.15, 0.2) is 12.1 Å². The topological polar surface area (TPSA) is 55.6 Å². The smallest absolute Gasteiger partial charge is 0.340 e. The van der Waals surface area contributed by atoms with E-state index in [1.807, 2.05) is 25.8 Å². The highest BCUT2D eigenvalue weighted by atomic mass is 19.1. The van der Waals surface area contributed by atoms with Crippen LogP contribution in [0.5, 0.6) is 0 Å². The standard InChI is InChI=1S/C14H21FN2O2/c1-5-9(6-2)17(3)13-7-10(14(18)19-4)12(16)8-11(13)15/h7-9H,5-6,16H2,1-4H3. The Hall–Kier alpha value is -1.78. The molecule has 0 spiro atoms. The Labute approximate surface area is 113 Å². The minimum atomic E-state index is -0.559. The van der Waals surface area contributed by atoms with Crippen LogP contribution in [-0.2, 0) is 4.74 Å². The molecular formula is C14H21FN2O2. The van der Waals surface area contributed by atoms with Crippen molar-refractivity contribution < 1.29 is 13.9 Å². The first-order chi connectivity index (χ1) is 8.96. The van der Waals surface area contributed by atoms with Crippen LogP contribution in [0.4, 0.5) is 15.8 Å². The second-order valence-corrected chi connectivity index (χ2v) is 4.46. The summed E-state index contributed by atoms with van der Waals surface area (Å²) < 4.78 is 18.7. The van der Waals surface area contributed by atoms with Gasteiger partial charge in [-0.05, 0) is 25.0 Å². The van der Waals surface area contributed by atoms with E-state index in [1.54, 1.807) is 0 Å². The zero-order chi connectivity index (χ0) is 14.6. The van der Waals surface area contributed by atoms with Gasteiger partial charge in [-0.15, -0.1) is 0 Å². The lowest BCUT2D eigenvalue weighted by Gasteiger charge is -2.29. The van der Waals surface area contributed by atoms with E-state index in [0.717, 1.165) is 12.8 Å². The number of nitrogens with zero attached hydrogens (tertiary/aromatic N) is 1. The number of halogens is 1. The highest BCUT2D eigenvalue weighted by molar-refractivity contribution is 5.96. The number of hydrogen-bond donors (Lipinski definition) is 1. The lowest BCUT2D eigenvalue weighted by atomic mass is 10.1. The number of hydrogen-bond acceptors (Lipinski definition) is 4. The molecule has 5 heteroatoms. The van der Waals surface area contributed by atoms with Crippen LogP contribution in [0.3, 0.4) is 0 Å². The van der Waals surface area contributed by atoms with E-state index in [9.17, 15) is 9.18 Å². The van der Waals surface area contributed by atoms with Gasteiger partial charge in [0.2, 0.25) is 0 Å². The average Bonchev–Trinajstić information content (AvgIpc) is 2.39. The summed E-state index contributed by atoms with van der Waals surface area (Å²) in [6.45, 7) is 4.09. The van der Waals surface area contributed by atoms with Gasteiger partial charge in [-0.3, -0.25) is 0 Å². The number of carbonyl (C=O) groups excluding carboxylic acids is 1. The van der Waals surface area contributed by atoms with Crippen LogP contribution in [0.25, 0.3) is 0 Å². The number of nitrogens with two attached hydrogens (primary N) is 1. The summed E-state index contributed by atoms with van der Waals surface area (Å²) >= 11 is 0. The molecule has 0 amide bonds. The van der Waals surface area contributed by atoms with Crippen molar-refractivity contribution in [1.29, 1.82) is 0 Å². The largest absolute Gasteiger partial charge is 0.465 e. The first-order valence-electron chi connectivity index (χ1n) is 6.36. The van der Waals surface area contributed by atoms with Crippen LogP contribution in [0.2, 0.25) is 0 Å². The second kappa shape index (κ2) is 6.41. The van der Waals surface area contributed by atoms with E-state index in [4.69, 9.17) is 5.73 Å². The second-order valence-electron chi connectivity index (χ2n) is 4.46. The Morgan fingerprint density at radius 2 is 2.00 bits per heavy atom. The van der Waals surface area contributed by atoms with E-state index < -0.39 is 11.8 Å². The van der Waals surface area contributed by atoms with Crippen LogP contribution in [0, 0.1) is 5.82 Å². The lowest BCUT2D eigenvalue weighted by molar-refractivity contribution is 0.0602. The Balaban J connectivity index is 3.24. The van der Waals surface area contributed by atoms with Crippen molar-refractivity contribution in [2.24, 2.45) is 0 Å². The van der Waals surface area contributed by atoms with Crippen molar-refractivity contribution in [2.45, 2.75) is 32.7 Å². The number of carbonyl (C=O) groups is 1. The Morgan fingerprint density at radius 3 is 2.47 bits per heavy atom. The lowest BCUT2D eigenvalue weighted by Crippen LogP contribution is -2.31. The van der Waals surface area contributed by atoms with Gasteiger partial charge in [-0.2, -0.15) is 0 Å². The van der Waals surface area contributed by atoms with Crippen molar-refractivity contribution in [3.05, 3.63) is 23.5 Å². The summed E-state index contributed by atoms with van der Waals surface area (Å²) in [5.41, 5.74) is 6.29. The fourth-order valence-corrected chi connectivity index (χ4v) is 2.17. The van der Waals surface area contributed by atoms with Gasteiger partial charge in [-0.25, -0.2) is 9.18 Å². The van der Waals surface area contributed by atoms with Gasteiger partial charge in [0.25, 0.3) is 0 Å². The zero-order valence-electron chi connectivity index (χ0n) is 11.9. The monoisotopic (exact) mass is 268 g/mol. The molecule has 0 fully saturated rings. The van der Waals surface area contributed by atoms with Gasteiger partial charge in [0.05, 0.1) is 18.4 Å². The molecule has 0 unspecified atom stereocenters. The number of anilines is 2. The molecule has 0 saturated carbocycles. The number of rotatable bonds is 5. The molecule has 0 saturated heterocycles. The van der Waals surface area contributed by atoms with Crippen LogP contribution in [-0.4, -0.2) is 26.2 Å². The quantitative estimate of drug-likeness (QED) is 0.659. The highest BCUT2D eigenvalue weighted by Gasteiger charge is 2.19. The molecule has 0 heterocycles. The summed E-state index contributed by atoms with van der Waals surface area (Å²) in [5, 5.41) is 0. The molecule has 1 rings (SSSR count). The predicted molar refractivity (Wildman–Crippen MR) is 74.9 cm³/mol. The molecule has 0 aliphatic heterocycles. The van der Waals surface area contributed by atoms with Gasteiger partial charge in [0.1, 0.15) is 5.82 Å². The van der Waals surface area contributed by atoms with Gasteiger partial charge in [-0.1, -0.05) is 13.8 Å². The summed E-state index contributed by atoms with van der Waals surface area (Å²) in [6, 6.07) is 2.83. The maximum atomic E-state index is 14.0. The molecule has 0 radical (unpaired) electrons. The summed E-state index contributed by atoms with van der Waals surface area (Å²) in [4.78, 5) is 13.4. The van der Waals surface area contributed by atoms with E-state index in [1.165, 1.54) is 19.2 Å². The van der Waals surface area contributed by atoms with Gasteiger partial charge >= 0.3 is 5.97 Å². The Kier molecular flexibility index (Phi) is 5.15. The van der Waals surface area contributed by atoms with Crippen molar-refractivity contribution in [3.63, 3.8) is 0 Å². The summed E-state index contributed by atoms with van der Waals surface area (Å²) in [7, 11) is 3.09. The molecule has 1 aromatic rings. The van der Waals surface area contributed by atoms with Crippen molar-refractivity contribution >= 4 is 17.3 Å². The Bertz CT molecular complexity index is 459. The summed E-state index contributed by atoms with van der Waals surface area (Å²) in [5.74, 6) is -0.990. The first kappa shape index (κ1) is 15.3. The normalized spacial score (nSPS) is 10.6. The molecule has 4 nitrogen and oxygen atoms in total. The highest BCUT2D eigenvalue weighted by Crippen LogP contribution is 2.27. The maximum absolute atomic E-state index is 14.0. The third kappa shape index (κ3) is 3.16. The fourth-order valence-electron chi connectivity index (χ4n) is 2.17. The predicted octanol–water partition coefficient (Wildman–Crippen LogP) is 2.82. The molecule has 1 aromatic carbocycles. The molecule has 106 valence electrons. The van der Waals surface area contributed by atoms with Crippen LogP contribution < -0.4 is 10.6 Å². The Morgan fingerprint density at radius 1 is 1.42 bits per heavy atom. The number of esters is 1. The third-order valence-electron chi connectivity index (χ3n) is 3.39. The molecule has 0 aliphatic rings. The molecular weight excluding hydrogens is 247 g/mol. The minimum absolute atomic E-state index is 0.0889. The van der Waals surface area contributed by atoms with Gasteiger partial charge in [0.15, 0.2) is 0 Å². The average molecular weight is 268 g/mol. The SMILES string of the molecule is CCC(CC)N(C)c1cc(C(=O)OC)c(N)cc1F. The maximum Gasteiger partial charge on any atom is 0.340 e.